The van der Waals surface area contributed by atoms with Crippen molar-refractivity contribution < 1.29 is 24.7 Å². The summed E-state index contributed by atoms with van der Waals surface area (Å²) in [5, 5.41) is 0. The SMILES string of the molecule is CC[Si](CC)(CC)O[Si](CC)(CC)O[Si](CC)(CC)O[Si](CC)(CC)O[Si](CC)(CC)O[Si](CC)(CC)O[Si](CC)(CC)CC. The molecule has 0 unspecified atom stereocenters. The van der Waals surface area contributed by atoms with Gasteiger partial charge >= 0.3 is 42.8 Å². The van der Waals surface area contributed by atoms with E-state index in [1.165, 1.54) is 0 Å². The maximum Gasteiger partial charge on any atom is 0.320 e. The van der Waals surface area contributed by atoms with Crippen LogP contribution in [0.4, 0.5) is 0 Å². The second kappa shape index (κ2) is 20.8. The molecule has 0 radical (unpaired) electrons. The number of hydrogen-bond donors (Lipinski definition) is 0. The molecular formula is C32H80O6Si7. The van der Waals surface area contributed by atoms with Gasteiger partial charge in [0.25, 0.3) is 0 Å². The van der Waals surface area contributed by atoms with Crippen molar-refractivity contribution in [2.45, 2.75) is 207 Å². The molecule has 45 heavy (non-hydrogen) atoms. The lowest BCUT2D eigenvalue weighted by atomic mass is 10.9. The second-order valence-electron chi connectivity index (χ2n) is 13.2. The number of hydrogen-bond acceptors (Lipinski definition) is 6. The Balaban J connectivity index is 6.88. The summed E-state index contributed by atoms with van der Waals surface area (Å²) in [6, 6.07) is 16.3. The van der Waals surface area contributed by atoms with Gasteiger partial charge in [0.15, 0.2) is 16.6 Å². The minimum absolute atomic E-state index is 0.913. The highest BCUT2D eigenvalue weighted by molar-refractivity contribution is 6.94. The maximum atomic E-state index is 7.64. The molecule has 0 atom stereocenters. The summed E-state index contributed by atoms with van der Waals surface area (Å²) in [6.45, 7) is 36.9. The molecule has 0 heterocycles. The van der Waals surface area contributed by atoms with Crippen LogP contribution in [0.1, 0.15) is 111 Å². The monoisotopic (exact) mass is 756 g/mol. The molecule has 0 aliphatic heterocycles. The van der Waals surface area contributed by atoms with Gasteiger partial charge in [-0.25, -0.2) is 0 Å². The van der Waals surface area contributed by atoms with Crippen molar-refractivity contribution in [2.75, 3.05) is 0 Å². The smallest absolute Gasteiger partial charge is 0.320 e. The van der Waals surface area contributed by atoms with E-state index in [2.05, 4.69) is 111 Å². The quantitative estimate of drug-likeness (QED) is 0.0741. The molecule has 0 aromatic carbocycles. The Morgan fingerprint density at radius 1 is 0.200 bits per heavy atom. The van der Waals surface area contributed by atoms with Crippen molar-refractivity contribution in [1.82, 2.24) is 0 Å². The second-order valence-corrected chi connectivity index (χ2v) is 43.2. The van der Waals surface area contributed by atoms with E-state index >= 15 is 0 Å². The summed E-state index contributed by atoms with van der Waals surface area (Å²) in [4.78, 5) is 0. The molecule has 0 aliphatic rings. The van der Waals surface area contributed by atoms with Crippen molar-refractivity contribution in [3.05, 3.63) is 0 Å². The van der Waals surface area contributed by atoms with Crippen LogP contribution in [-0.2, 0) is 24.7 Å². The first kappa shape index (κ1) is 46.3. The van der Waals surface area contributed by atoms with Crippen LogP contribution in [-0.4, -0.2) is 59.4 Å². The minimum Gasteiger partial charge on any atom is -0.436 e. The molecule has 13 heteroatoms. The lowest BCUT2D eigenvalue weighted by Gasteiger charge is -2.50. The standard InChI is InChI=1S/C32H80O6Si7/c1-17-39(18-2,19-3)33-41(23-7,24-8)35-43(27-11,28-12)37-45(31-15,32-16)38-44(29-13,30-14)36-42(25-9,26-10)34-40(20-4,21-5)22-6/h17-32H2,1-16H3. The van der Waals surface area contributed by atoms with Crippen LogP contribution in [0.25, 0.3) is 0 Å². The minimum atomic E-state index is -2.69. The van der Waals surface area contributed by atoms with Gasteiger partial charge in [0.1, 0.15) is 0 Å². The van der Waals surface area contributed by atoms with E-state index in [1.807, 2.05) is 0 Å². The zero-order valence-corrected chi connectivity index (χ0v) is 40.3. The summed E-state index contributed by atoms with van der Waals surface area (Å²) in [6.07, 6.45) is 0. The van der Waals surface area contributed by atoms with E-state index in [4.69, 9.17) is 24.7 Å². The highest BCUT2D eigenvalue weighted by atomic mass is 28.5. The maximum absolute atomic E-state index is 7.64. The van der Waals surface area contributed by atoms with Gasteiger partial charge in [-0.15, -0.1) is 0 Å². The van der Waals surface area contributed by atoms with Crippen LogP contribution in [0.3, 0.4) is 0 Å². The van der Waals surface area contributed by atoms with Crippen molar-refractivity contribution >= 4 is 59.4 Å². The molecule has 0 spiro atoms. The van der Waals surface area contributed by atoms with Crippen LogP contribution in [0.15, 0.2) is 0 Å². The summed E-state index contributed by atoms with van der Waals surface area (Å²) in [7, 11) is -16.6. The van der Waals surface area contributed by atoms with E-state index < -0.39 is 59.4 Å². The normalized spacial score (nSPS) is 14.4. The fourth-order valence-corrected chi connectivity index (χ4v) is 47.3. The molecular weight excluding hydrogens is 677 g/mol. The zero-order chi connectivity index (χ0) is 35.1. The van der Waals surface area contributed by atoms with Gasteiger partial charge in [0.2, 0.25) is 0 Å². The molecule has 0 saturated carbocycles. The van der Waals surface area contributed by atoms with Gasteiger partial charge in [0, 0.05) is 0 Å². The Bertz CT molecular complexity index is 701. The van der Waals surface area contributed by atoms with Crippen LogP contribution in [0.2, 0.25) is 96.7 Å². The van der Waals surface area contributed by atoms with E-state index in [0.717, 1.165) is 96.7 Å². The third kappa shape index (κ3) is 11.7. The summed E-state index contributed by atoms with van der Waals surface area (Å²) in [5.41, 5.74) is 0. The van der Waals surface area contributed by atoms with Gasteiger partial charge in [-0.1, -0.05) is 111 Å². The average Bonchev–Trinajstić information content (AvgIpc) is 3.11. The Labute approximate surface area is 290 Å². The van der Waals surface area contributed by atoms with E-state index in [9.17, 15) is 0 Å². The topological polar surface area (TPSA) is 55.4 Å². The lowest BCUT2D eigenvalue weighted by molar-refractivity contribution is 0.244. The first-order chi connectivity index (χ1) is 21.2. The number of rotatable bonds is 28. The molecule has 0 aromatic rings. The molecule has 0 saturated heterocycles. The molecule has 0 bridgehead atoms. The van der Waals surface area contributed by atoms with Gasteiger partial charge in [0.05, 0.1) is 0 Å². The molecule has 0 aromatic heterocycles. The van der Waals surface area contributed by atoms with E-state index in [-0.39, 0.29) is 0 Å². The van der Waals surface area contributed by atoms with Crippen molar-refractivity contribution in [1.29, 1.82) is 0 Å². The summed E-state index contributed by atoms with van der Waals surface area (Å²) in [5.74, 6) is 0. The molecule has 0 N–H and O–H groups in total. The lowest BCUT2D eigenvalue weighted by Crippen LogP contribution is -2.66. The van der Waals surface area contributed by atoms with Crippen molar-refractivity contribution in [3.8, 4) is 0 Å². The van der Waals surface area contributed by atoms with Gasteiger partial charge in [-0.2, -0.15) is 0 Å². The van der Waals surface area contributed by atoms with Crippen LogP contribution in [0, 0.1) is 0 Å². The zero-order valence-electron chi connectivity index (χ0n) is 33.3. The molecule has 0 aliphatic carbocycles. The molecule has 0 fully saturated rings. The Morgan fingerprint density at radius 3 is 0.444 bits per heavy atom. The average molecular weight is 758 g/mol. The van der Waals surface area contributed by atoms with E-state index in [1.54, 1.807) is 0 Å². The van der Waals surface area contributed by atoms with Crippen LogP contribution >= 0.6 is 0 Å². The Morgan fingerprint density at radius 2 is 0.333 bits per heavy atom. The van der Waals surface area contributed by atoms with Gasteiger partial charge in [-0.3, -0.25) is 0 Å². The van der Waals surface area contributed by atoms with Crippen LogP contribution in [0.5, 0.6) is 0 Å². The van der Waals surface area contributed by atoms with E-state index in [0.29, 0.717) is 0 Å². The molecule has 6 nitrogen and oxygen atoms in total. The fourth-order valence-electron chi connectivity index (χ4n) is 6.88. The Kier molecular flexibility index (Phi) is 21.4. The molecule has 272 valence electrons. The fraction of sp³-hybridized carbons (Fsp3) is 1.00. The van der Waals surface area contributed by atoms with Gasteiger partial charge < -0.3 is 24.7 Å². The molecule has 0 rings (SSSR count). The molecule has 0 amide bonds. The predicted octanol–water partition coefficient (Wildman–Crippen LogP) is 12.5. The van der Waals surface area contributed by atoms with Crippen molar-refractivity contribution in [3.63, 3.8) is 0 Å². The third-order valence-electron chi connectivity index (χ3n) is 11.5. The largest absolute Gasteiger partial charge is 0.436 e. The first-order valence-corrected chi connectivity index (χ1v) is 35.6. The summed E-state index contributed by atoms with van der Waals surface area (Å²) >= 11 is 0. The third-order valence-corrected chi connectivity index (χ3v) is 48.4. The predicted molar refractivity (Wildman–Crippen MR) is 214 cm³/mol. The first-order valence-electron chi connectivity index (χ1n) is 19.4. The van der Waals surface area contributed by atoms with Crippen molar-refractivity contribution in [2.24, 2.45) is 0 Å². The highest BCUT2D eigenvalue weighted by Gasteiger charge is 2.57. The highest BCUT2D eigenvalue weighted by Crippen LogP contribution is 2.41. The van der Waals surface area contributed by atoms with Crippen LogP contribution < -0.4 is 0 Å². The summed E-state index contributed by atoms with van der Waals surface area (Å²) < 4.78 is 45.2. The Hall–Kier alpha value is 1.28. The van der Waals surface area contributed by atoms with Gasteiger partial charge in [-0.05, 0) is 96.7 Å².